The van der Waals surface area contributed by atoms with Crippen LogP contribution in [0.2, 0.25) is 0 Å². The van der Waals surface area contributed by atoms with E-state index >= 15 is 0 Å². The number of carbonyl (C=O) groups excluding carboxylic acids is 1. The van der Waals surface area contributed by atoms with Crippen LogP contribution in [0.25, 0.3) is 0 Å². The minimum absolute atomic E-state index is 0. The topological polar surface area (TPSA) is 62.8 Å². The fraction of sp³-hybridized carbons (Fsp3) is 0.667. The molecule has 0 saturated carbocycles. The van der Waals surface area contributed by atoms with Gasteiger partial charge in [-0.3, -0.25) is 9.69 Å². The van der Waals surface area contributed by atoms with Gasteiger partial charge in [0.2, 0.25) is 5.91 Å². The summed E-state index contributed by atoms with van der Waals surface area (Å²) < 4.78 is 11.2. The van der Waals surface area contributed by atoms with Crippen molar-refractivity contribution < 1.29 is 14.3 Å². The quantitative estimate of drug-likeness (QED) is 0.608. The van der Waals surface area contributed by atoms with Crippen LogP contribution in [0.15, 0.2) is 24.3 Å². The molecule has 2 aliphatic rings. The Labute approximate surface area is 186 Å². The molecule has 1 aromatic carbocycles. The summed E-state index contributed by atoms with van der Waals surface area (Å²) in [6.45, 7) is 7.91. The van der Waals surface area contributed by atoms with Gasteiger partial charge in [0.25, 0.3) is 0 Å². The number of amides is 1. The smallest absolute Gasteiger partial charge is 0.220 e. The zero-order valence-electron chi connectivity index (χ0n) is 17.1. The SMILES string of the molecule is Cl.Cl.O=C(CCC1CCNCC1)NCc1cccc(OCCN2CCOCC2)c1. The number of hydrogen-bond donors (Lipinski definition) is 2. The summed E-state index contributed by atoms with van der Waals surface area (Å²) >= 11 is 0. The molecule has 6 nitrogen and oxygen atoms in total. The summed E-state index contributed by atoms with van der Waals surface area (Å²) in [5.41, 5.74) is 1.08. The molecule has 0 atom stereocenters. The first-order valence-electron chi connectivity index (χ1n) is 10.3. The second-order valence-electron chi connectivity index (χ2n) is 7.46. The lowest BCUT2D eigenvalue weighted by molar-refractivity contribution is -0.121. The van der Waals surface area contributed by atoms with Gasteiger partial charge in [-0.1, -0.05) is 12.1 Å². The van der Waals surface area contributed by atoms with Crippen molar-refractivity contribution in [2.45, 2.75) is 32.2 Å². The predicted molar refractivity (Wildman–Crippen MR) is 120 cm³/mol. The molecule has 2 saturated heterocycles. The van der Waals surface area contributed by atoms with Crippen molar-refractivity contribution in [3.8, 4) is 5.75 Å². The molecule has 2 N–H and O–H groups in total. The molecule has 3 rings (SSSR count). The van der Waals surface area contributed by atoms with E-state index in [0.29, 0.717) is 25.5 Å². The zero-order valence-corrected chi connectivity index (χ0v) is 18.7. The summed E-state index contributed by atoms with van der Waals surface area (Å²) in [7, 11) is 0. The number of nitrogens with one attached hydrogen (secondary N) is 2. The number of halogens is 2. The van der Waals surface area contributed by atoms with Crippen LogP contribution in [0.5, 0.6) is 5.75 Å². The summed E-state index contributed by atoms with van der Waals surface area (Å²) in [5, 5.41) is 6.41. The highest BCUT2D eigenvalue weighted by molar-refractivity contribution is 5.85. The van der Waals surface area contributed by atoms with Crippen LogP contribution in [0.4, 0.5) is 0 Å². The number of hydrogen-bond acceptors (Lipinski definition) is 5. The van der Waals surface area contributed by atoms with Crippen molar-refractivity contribution in [3.63, 3.8) is 0 Å². The van der Waals surface area contributed by atoms with Crippen LogP contribution in [-0.4, -0.2) is 63.4 Å². The van der Waals surface area contributed by atoms with Crippen LogP contribution in [0, 0.1) is 5.92 Å². The van der Waals surface area contributed by atoms with Crippen LogP contribution in [0.3, 0.4) is 0 Å². The molecule has 0 aliphatic carbocycles. The molecular formula is C21H35Cl2N3O3. The third-order valence-corrected chi connectivity index (χ3v) is 5.41. The Morgan fingerprint density at radius 2 is 1.97 bits per heavy atom. The van der Waals surface area contributed by atoms with Gasteiger partial charge in [0, 0.05) is 32.6 Å². The fourth-order valence-electron chi connectivity index (χ4n) is 3.66. The van der Waals surface area contributed by atoms with E-state index in [4.69, 9.17) is 9.47 Å². The lowest BCUT2D eigenvalue weighted by Gasteiger charge is -2.26. The lowest BCUT2D eigenvalue weighted by atomic mass is 9.93. The van der Waals surface area contributed by atoms with E-state index in [0.717, 1.165) is 63.7 Å². The molecule has 1 aromatic rings. The Morgan fingerprint density at radius 3 is 2.72 bits per heavy atom. The third kappa shape index (κ3) is 10.0. The van der Waals surface area contributed by atoms with Crippen LogP contribution >= 0.6 is 24.8 Å². The van der Waals surface area contributed by atoms with Crippen molar-refractivity contribution in [2.75, 3.05) is 52.5 Å². The summed E-state index contributed by atoms with van der Waals surface area (Å²) in [5.74, 6) is 1.71. The van der Waals surface area contributed by atoms with Crippen molar-refractivity contribution in [1.82, 2.24) is 15.5 Å². The number of carbonyl (C=O) groups is 1. The Hall–Kier alpha value is -1.05. The van der Waals surface area contributed by atoms with Crippen LogP contribution in [0.1, 0.15) is 31.2 Å². The number of piperidine rings is 1. The van der Waals surface area contributed by atoms with E-state index in [1.54, 1.807) is 0 Å². The number of nitrogens with zero attached hydrogens (tertiary/aromatic N) is 1. The van der Waals surface area contributed by atoms with Gasteiger partial charge in [0.1, 0.15) is 12.4 Å². The zero-order chi connectivity index (χ0) is 18.7. The van der Waals surface area contributed by atoms with Gasteiger partial charge in [-0.15, -0.1) is 24.8 Å². The van der Waals surface area contributed by atoms with Crippen molar-refractivity contribution in [2.24, 2.45) is 5.92 Å². The molecule has 29 heavy (non-hydrogen) atoms. The molecule has 0 aromatic heterocycles. The lowest BCUT2D eigenvalue weighted by Crippen LogP contribution is -2.38. The second kappa shape index (κ2) is 14.9. The molecule has 2 fully saturated rings. The van der Waals surface area contributed by atoms with Gasteiger partial charge in [-0.25, -0.2) is 0 Å². The molecule has 0 unspecified atom stereocenters. The normalized spacial score (nSPS) is 17.7. The maximum absolute atomic E-state index is 12.1. The van der Waals surface area contributed by atoms with Crippen molar-refractivity contribution in [3.05, 3.63) is 29.8 Å². The molecule has 0 spiro atoms. The minimum Gasteiger partial charge on any atom is -0.492 e. The average Bonchev–Trinajstić information content (AvgIpc) is 2.73. The van der Waals surface area contributed by atoms with Gasteiger partial charge < -0.3 is 20.1 Å². The molecule has 1 amide bonds. The Kier molecular flexibility index (Phi) is 13.3. The van der Waals surface area contributed by atoms with Gasteiger partial charge in [-0.05, 0) is 56.0 Å². The van der Waals surface area contributed by atoms with Gasteiger partial charge >= 0.3 is 0 Å². The number of morpholine rings is 1. The highest BCUT2D eigenvalue weighted by Gasteiger charge is 2.14. The summed E-state index contributed by atoms with van der Waals surface area (Å²) in [6, 6.07) is 8.01. The van der Waals surface area contributed by atoms with Crippen molar-refractivity contribution >= 4 is 30.7 Å². The van der Waals surface area contributed by atoms with Gasteiger partial charge in [0.05, 0.1) is 13.2 Å². The van der Waals surface area contributed by atoms with Gasteiger partial charge in [-0.2, -0.15) is 0 Å². The Bertz CT molecular complexity index is 580. The summed E-state index contributed by atoms with van der Waals surface area (Å²) in [6.07, 6.45) is 4.01. The number of benzene rings is 1. The monoisotopic (exact) mass is 447 g/mol. The van der Waals surface area contributed by atoms with Crippen molar-refractivity contribution in [1.29, 1.82) is 0 Å². The van der Waals surface area contributed by atoms with E-state index in [1.807, 2.05) is 24.3 Å². The number of ether oxygens (including phenoxy) is 2. The van der Waals surface area contributed by atoms with Crippen LogP contribution in [-0.2, 0) is 16.1 Å². The second-order valence-corrected chi connectivity index (χ2v) is 7.46. The predicted octanol–water partition coefficient (Wildman–Crippen LogP) is 2.64. The van der Waals surface area contributed by atoms with Gasteiger partial charge in [0.15, 0.2) is 0 Å². The molecular weight excluding hydrogens is 413 g/mol. The maximum atomic E-state index is 12.1. The van der Waals surface area contributed by atoms with E-state index < -0.39 is 0 Å². The van der Waals surface area contributed by atoms with E-state index in [9.17, 15) is 4.79 Å². The largest absolute Gasteiger partial charge is 0.492 e. The fourth-order valence-corrected chi connectivity index (χ4v) is 3.66. The Morgan fingerprint density at radius 1 is 1.21 bits per heavy atom. The minimum atomic E-state index is 0. The highest BCUT2D eigenvalue weighted by atomic mass is 35.5. The Balaban J connectivity index is 0.00000210. The molecule has 0 bridgehead atoms. The van der Waals surface area contributed by atoms with E-state index in [-0.39, 0.29) is 30.7 Å². The maximum Gasteiger partial charge on any atom is 0.220 e. The standard InChI is InChI=1S/C21H33N3O3.2ClH/c25-21(5-4-18-6-8-22-9-7-18)23-17-19-2-1-3-20(16-19)27-15-12-24-10-13-26-14-11-24;;/h1-3,16,18,22H,4-15,17H2,(H,23,25);2*1H. The molecule has 8 heteroatoms. The third-order valence-electron chi connectivity index (χ3n) is 5.41. The first kappa shape index (κ1) is 26.0. The number of rotatable bonds is 9. The van der Waals surface area contributed by atoms with E-state index in [1.165, 1.54) is 12.8 Å². The van der Waals surface area contributed by atoms with E-state index in [2.05, 4.69) is 15.5 Å². The summed E-state index contributed by atoms with van der Waals surface area (Å²) in [4.78, 5) is 14.5. The molecule has 0 radical (unpaired) electrons. The molecule has 2 heterocycles. The first-order chi connectivity index (χ1) is 13.3. The average molecular weight is 448 g/mol. The highest BCUT2D eigenvalue weighted by Crippen LogP contribution is 2.18. The molecule has 2 aliphatic heterocycles. The first-order valence-corrected chi connectivity index (χ1v) is 10.3. The van der Waals surface area contributed by atoms with Crippen LogP contribution < -0.4 is 15.4 Å². The molecule has 166 valence electrons.